The molecule has 0 aromatic carbocycles. The van der Waals surface area contributed by atoms with Crippen LogP contribution in [0, 0.1) is 0 Å². The number of aliphatic carboxylic acids is 1. The number of hydrogen-bond acceptors (Lipinski definition) is 1. The molecule has 0 atom stereocenters. The van der Waals surface area contributed by atoms with E-state index in [4.69, 9.17) is 5.11 Å². The maximum atomic E-state index is 10.1. The van der Waals surface area contributed by atoms with E-state index in [1.807, 2.05) is 0 Å². The highest BCUT2D eigenvalue weighted by atomic mass is 32.1. The van der Waals surface area contributed by atoms with Gasteiger partial charge < -0.3 is 5.11 Å². The summed E-state index contributed by atoms with van der Waals surface area (Å²) in [7, 11) is 0. The van der Waals surface area contributed by atoms with Gasteiger partial charge in [0.25, 0.3) is 0 Å². The lowest BCUT2D eigenvalue weighted by Gasteiger charge is -1.97. The Kier molecular flexibility index (Phi) is 9.54. The average molecular weight is 204 g/mol. The number of thiol groups is 1. The molecule has 0 unspecified atom stereocenters. The number of carboxylic acid groups (broad SMARTS) is 1. The van der Waals surface area contributed by atoms with Crippen LogP contribution in [0.1, 0.15) is 45.4 Å². The molecule has 3 heteroatoms. The number of rotatable bonds is 8. The standard InChI is InChI=1S/C10H20O2S/c1-2-3-4-5-6-7-8-13-9-10(11)12/h9,13H,2-8H2,1H3,(H,11,12). The lowest BCUT2D eigenvalue weighted by Crippen LogP contribution is -1.93. The van der Waals surface area contributed by atoms with Gasteiger partial charge in [-0.15, -0.1) is 0 Å². The van der Waals surface area contributed by atoms with Crippen LogP contribution in [0.15, 0.2) is 0 Å². The Bertz CT molecular complexity index is 155. The van der Waals surface area contributed by atoms with Crippen molar-refractivity contribution in [2.45, 2.75) is 45.4 Å². The second-order valence-electron chi connectivity index (χ2n) is 3.14. The molecule has 2 nitrogen and oxygen atoms in total. The molecule has 0 aromatic rings. The van der Waals surface area contributed by atoms with Crippen LogP contribution in [-0.4, -0.2) is 22.2 Å². The van der Waals surface area contributed by atoms with E-state index in [2.05, 4.69) is 6.92 Å². The van der Waals surface area contributed by atoms with Crippen LogP contribution in [0.25, 0.3) is 0 Å². The first-order chi connectivity index (χ1) is 6.27. The topological polar surface area (TPSA) is 37.3 Å². The molecule has 1 N–H and O–H groups in total. The van der Waals surface area contributed by atoms with Gasteiger partial charge in [-0.05, 0) is 12.2 Å². The van der Waals surface area contributed by atoms with Crippen LogP contribution in [0.2, 0.25) is 0 Å². The van der Waals surface area contributed by atoms with E-state index in [0.29, 0.717) is 0 Å². The van der Waals surface area contributed by atoms with Crippen molar-refractivity contribution in [3.8, 4) is 0 Å². The molecule has 0 amide bonds. The summed E-state index contributed by atoms with van der Waals surface area (Å²) < 4.78 is 0. The van der Waals surface area contributed by atoms with Crippen LogP contribution >= 0.6 is 11.4 Å². The van der Waals surface area contributed by atoms with Crippen LogP contribution in [0.5, 0.6) is 0 Å². The zero-order valence-corrected chi connectivity index (χ0v) is 9.22. The monoisotopic (exact) mass is 204 g/mol. The first kappa shape index (κ1) is 12.7. The second kappa shape index (κ2) is 9.78. The third-order valence-corrected chi connectivity index (χ3v) is 2.82. The maximum absolute atomic E-state index is 10.1. The first-order valence-electron chi connectivity index (χ1n) is 5.00. The molecule has 0 aliphatic heterocycles. The minimum atomic E-state index is -0.798. The van der Waals surface area contributed by atoms with Gasteiger partial charge in [-0.2, -0.15) is 11.4 Å². The van der Waals surface area contributed by atoms with Gasteiger partial charge in [0, 0.05) is 5.37 Å². The van der Waals surface area contributed by atoms with E-state index in [0.717, 1.165) is 23.5 Å². The maximum Gasteiger partial charge on any atom is 0.333 e. The van der Waals surface area contributed by atoms with Crippen LogP contribution < -0.4 is 0 Å². The van der Waals surface area contributed by atoms with E-state index in [-0.39, 0.29) is 0 Å². The third-order valence-electron chi connectivity index (χ3n) is 1.84. The fraction of sp³-hybridized carbons (Fsp3) is 0.800. The summed E-state index contributed by atoms with van der Waals surface area (Å²) in [4.78, 5) is 10.1. The molecule has 0 aromatic heterocycles. The van der Waals surface area contributed by atoms with Crippen LogP contribution in [-0.2, 0) is 4.79 Å². The van der Waals surface area contributed by atoms with Gasteiger partial charge >= 0.3 is 5.97 Å². The molecule has 13 heavy (non-hydrogen) atoms. The molecule has 0 rings (SSSR count). The zero-order chi connectivity index (χ0) is 9.94. The lowest BCUT2D eigenvalue weighted by molar-refractivity contribution is -0.128. The quantitative estimate of drug-likeness (QED) is 0.362. The number of unbranched alkanes of at least 4 members (excludes halogenated alkanes) is 5. The van der Waals surface area contributed by atoms with E-state index in [1.165, 1.54) is 37.5 Å². The van der Waals surface area contributed by atoms with Crippen molar-refractivity contribution in [1.29, 1.82) is 0 Å². The molecule has 0 saturated carbocycles. The van der Waals surface area contributed by atoms with Crippen LogP contribution in [0.3, 0.4) is 0 Å². The van der Waals surface area contributed by atoms with Crippen molar-refractivity contribution >= 4 is 22.7 Å². The highest BCUT2D eigenvalue weighted by Crippen LogP contribution is 2.05. The van der Waals surface area contributed by atoms with E-state index in [1.54, 1.807) is 0 Å². The number of carboxylic acids is 1. The van der Waals surface area contributed by atoms with Gasteiger partial charge in [0.2, 0.25) is 0 Å². The van der Waals surface area contributed by atoms with E-state index < -0.39 is 5.97 Å². The van der Waals surface area contributed by atoms with Crippen molar-refractivity contribution in [1.82, 2.24) is 0 Å². The van der Waals surface area contributed by atoms with Crippen molar-refractivity contribution in [3.63, 3.8) is 0 Å². The summed E-state index contributed by atoms with van der Waals surface area (Å²) >= 11 is 0.950. The molecule has 0 fully saturated rings. The van der Waals surface area contributed by atoms with Crippen LogP contribution in [0.4, 0.5) is 0 Å². The molecule has 0 radical (unpaired) electrons. The Morgan fingerprint density at radius 3 is 2.46 bits per heavy atom. The van der Waals surface area contributed by atoms with Gasteiger partial charge in [-0.3, -0.25) is 0 Å². The first-order valence-corrected chi connectivity index (χ1v) is 6.15. The summed E-state index contributed by atoms with van der Waals surface area (Å²) in [5.41, 5.74) is 0. The SMILES string of the molecule is CCCCCCCC[SH]=CC(=O)O. The Morgan fingerprint density at radius 2 is 1.85 bits per heavy atom. The molecule has 0 heterocycles. The number of hydrogen-bond donors (Lipinski definition) is 2. The minimum absolute atomic E-state index is 0.798. The average Bonchev–Trinajstić information content (AvgIpc) is 2.09. The Morgan fingerprint density at radius 1 is 1.23 bits per heavy atom. The lowest BCUT2D eigenvalue weighted by atomic mass is 10.1. The van der Waals surface area contributed by atoms with Crippen molar-refractivity contribution in [2.75, 3.05) is 5.75 Å². The number of carbonyl (C=O) groups is 1. The molecule has 0 saturated heterocycles. The van der Waals surface area contributed by atoms with E-state index in [9.17, 15) is 4.79 Å². The summed E-state index contributed by atoms with van der Waals surface area (Å²) in [6.07, 6.45) is 7.66. The summed E-state index contributed by atoms with van der Waals surface area (Å²) in [5.74, 6) is 0.200. The van der Waals surface area contributed by atoms with Gasteiger partial charge in [-0.25, -0.2) is 4.79 Å². The smallest absolute Gasteiger partial charge is 0.333 e. The molecule has 78 valence electrons. The normalized spacial score (nSPS) is 11.5. The van der Waals surface area contributed by atoms with Gasteiger partial charge in [0.1, 0.15) is 0 Å². The summed E-state index contributed by atoms with van der Waals surface area (Å²) in [5, 5.41) is 9.65. The van der Waals surface area contributed by atoms with Crippen molar-refractivity contribution in [3.05, 3.63) is 0 Å². The molecule has 0 aliphatic carbocycles. The zero-order valence-electron chi connectivity index (χ0n) is 8.33. The molecule has 0 aliphatic rings. The summed E-state index contributed by atoms with van der Waals surface area (Å²) in [6.45, 7) is 2.21. The molecule has 0 spiro atoms. The molecular formula is C10H20O2S. The van der Waals surface area contributed by atoms with Gasteiger partial charge in [-0.1, -0.05) is 39.0 Å². The second-order valence-corrected chi connectivity index (χ2v) is 4.21. The van der Waals surface area contributed by atoms with Gasteiger partial charge in [0.05, 0.1) is 0 Å². The minimum Gasteiger partial charge on any atom is -0.478 e. The van der Waals surface area contributed by atoms with Crippen molar-refractivity contribution < 1.29 is 9.90 Å². The van der Waals surface area contributed by atoms with Crippen molar-refractivity contribution in [2.24, 2.45) is 0 Å². The molecular weight excluding hydrogens is 184 g/mol. The predicted molar refractivity (Wildman–Crippen MR) is 60.9 cm³/mol. The highest BCUT2D eigenvalue weighted by molar-refractivity contribution is 7.98. The Labute approximate surface area is 84.3 Å². The summed E-state index contributed by atoms with van der Waals surface area (Å²) in [6, 6.07) is 0. The van der Waals surface area contributed by atoms with Gasteiger partial charge in [0.15, 0.2) is 0 Å². The largest absolute Gasteiger partial charge is 0.478 e. The Balaban J connectivity index is 3.03. The fourth-order valence-electron chi connectivity index (χ4n) is 1.13. The predicted octanol–water partition coefficient (Wildman–Crippen LogP) is 2.70. The highest BCUT2D eigenvalue weighted by Gasteiger charge is 1.88. The fourth-order valence-corrected chi connectivity index (χ4v) is 1.82. The van der Waals surface area contributed by atoms with E-state index >= 15 is 0 Å². The third kappa shape index (κ3) is 11.7. The molecule has 0 bridgehead atoms. The Hall–Kier alpha value is -0.310.